The molecule has 3 aromatic rings. The van der Waals surface area contributed by atoms with Crippen LogP contribution in [0.5, 0.6) is 0 Å². The summed E-state index contributed by atoms with van der Waals surface area (Å²) in [7, 11) is 0. The summed E-state index contributed by atoms with van der Waals surface area (Å²) in [6.07, 6.45) is 12.1. The van der Waals surface area contributed by atoms with Crippen LogP contribution >= 0.6 is 0 Å². The van der Waals surface area contributed by atoms with Crippen LogP contribution in [0, 0.1) is 10.1 Å². The molecule has 0 radical (unpaired) electrons. The Kier molecular flexibility index (Phi) is 6.91. The van der Waals surface area contributed by atoms with Crippen LogP contribution in [-0.4, -0.2) is 4.92 Å². The number of non-ortho nitro benzene ring substituents is 1. The molecule has 5 rings (SSSR count). The molecule has 4 nitrogen and oxygen atoms in total. The van der Waals surface area contributed by atoms with Gasteiger partial charge >= 0.3 is 17.1 Å². The van der Waals surface area contributed by atoms with Crippen molar-refractivity contribution in [1.82, 2.24) is 0 Å². The van der Waals surface area contributed by atoms with E-state index in [1.54, 1.807) is 12.1 Å². The van der Waals surface area contributed by atoms with E-state index in [1.165, 1.54) is 6.07 Å². The molecule has 1 heterocycles. The molecule has 148 valence electrons. The fourth-order valence-corrected chi connectivity index (χ4v) is 3.13. The standard InChI is InChI=1S/C20H13N2O2.C5H5.Fe/c23-22(24)18-7-3-6-15(13-18)16-8-10-20-17(12-16)9-11-19(21-20)14-4-1-2-5-14;1-2-4-5-3-1;/h1-13H;1-5H;/q2*-1;+2. The maximum absolute atomic E-state index is 10.9. The van der Waals surface area contributed by atoms with Crippen LogP contribution in [0.1, 0.15) is 5.56 Å². The molecule has 0 saturated carbocycles. The largest absolute Gasteiger partial charge is 2.00 e. The van der Waals surface area contributed by atoms with Gasteiger partial charge in [0.25, 0.3) is 5.69 Å². The molecule has 0 fully saturated rings. The van der Waals surface area contributed by atoms with Crippen LogP contribution in [0.4, 0.5) is 11.4 Å². The molecule has 0 amide bonds. The molecular formula is C25H18FeN2O2. The molecule has 0 N–H and O–H groups in total. The zero-order valence-corrected chi connectivity index (χ0v) is 17.1. The molecule has 1 aliphatic carbocycles. The minimum Gasteiger partial charge on any atom is -0.657 e. The van der Waals surface area contributed by atoms with E-state index in [4.69, 9.17) is 5.32 Å². The Morgan fingerprint density at radius 2 is 1.57 bits per heavy atom. The first kappa shape index (κ1) is 21.2. The van der Waals surface area contributed by atoms with Crippen molar-refractivity contribution in [2.75, 3.05) is 0 Å². The number of benzene rings is 2. The fraction of sp³-hybridized carbons (Fsp3) is 0. The Bertz CT molecular complexity index is 1120. The summed E-state index contributed by atoms with van der Waals surface area (Å²) < 4.78 is 0. The quantitative estimate of drug-likeness (QED) is 0.187. The van der Waals surface area contributed by atoms with Crippen molar-refractivity contribution >= 4 is 17.5 Å². The minimum absolute atomic E-state index is 0. The second-order valence-electron chi connectivity index (χ2n) is 6.55. The first-order valence-electron chi connectivity index (χ1n) is 9.25. The van der Waals surface area contributed by atoms with Crippen molar-refractivity contribution in [3.63, 3.8) is 0 Å². The SMILES string of the molecule is O=[N+]([O-])c1cccc(-c2ccc3c(c2)C=CC(=C2C=CC=C2)[N-]3)c1.[Fe+2].c1cc[cH-]c1. The summed E-state index contributed by atoms with van der Waals surface area (Å²) >= 11 is 0. The van der Waals surface area contributed by atoms with Crippen LogP contribution < -0.4 is 0 Å². The summed E-state index contributed by atoms with van der Waals surface area (Å²) in [4.78, 5) is 10.6. The van der Waals surface area contributed by atoms with Crippen molar-refractivity contribution < 1.29 is 22.0 Å². The molecular weight excluding hydrogens is 416 g/mol. The molecule has 30 heavy (non-hydrogen) atoms. The second kappa shape index (κ2) is 9.79. The third kappa shape index (κ3) is 4.90. The molecule has 2 aliphatic rings. The molecule has 5 heteroatoms. The molecule has 3 aromatic carbocycles. The number of allylic oxidation sites excluding steroid dienone is 6. The van der Waals surface area contributed by atoms with Crippen LogP contribution in [-0.2, 0) is 17.1 Å². The molecule has 0 aromatic heterocycles. The number of nitrogens with zero attached hydrogens (tertiary/aromatic N) is 2. The first-order valence-corrected chi connectivity index (χ1v) is 9.25. The number of nitro groups is 1. The van der Waals surface area contributed by atoms with Crippen molar-refractivity contribution in [2.24, 2.45) is 0 Å². The zero-order chi connectivity index (χ0) is 20.1. The average Bonchev–Trinajstić information content (AvgIpc) is 3.50. The van der Waals surface area contributed by atoms with Gasteiger partial charge in [-0.2, -0.15) is 18.2 Å². The van der Waals surface area contributed by atoms with Crippen LogP contribution in [0.3, 0.4) is 0 Å². The van der Waals surface area contributed by atoms with E-state index < -0.39 is 0 Å². The van der Waals surface area contributed by atoms with Crippen molar-refractivity contribution in [2.45, 2.75) is 0 Å². The molecule has 0 saturated heterocycles. The van der Waals surface area contributed by atoms with Gasteiger partial charge in [-0.05, 0) is 28.3 Å². The molecule has 0 atom stereocenters. The molecule has 0 spiro atoms. The van der Waals surface area contributed by atoms with E-state index >= 15 is 0 Å². The van der Waals surface area contributed by atoms with E-state index in [1.807, 2.05) is 91.1 Å². The van der Waals surface area contributed by atoms with E-state index in [2.05, 4.69) is 0 Å². The topological polar surface area (TPSA) is 57.2 Å². The summed E-state index contributed by atoms with van der Waals surface area (Å²) in [6.45, 7) is 0. The molecule has 0 bridgehead atoms. The fourth-order valence-electron chi connectivity index (χ4n) is 3.13. The number of fused-ring (bicyclic) bond motifs is 1. The Morgan fingerprint density at radius 1 is 0.833 bits per heavy atom. The van der Waals surface area contributed by atoms with Crippen LogP contribution in [0.2, 0.25) is 0 Å². The molecule has 1 aliphatic heterocycles. The van der Waals surface area contributed by atoms with E-state index in [0.29, 0.717) is 0 Å². The Balaban J connectivity index is 0.000000376. The Morgan fingerprint density at radius 3 is 2.23 bits per heavy atom. The summed E-state index contributed by atoms with van der Waals surface area (Å²) in [6, 6.07) is 22.6. The third-order valence-corrected chi connectivity index (χ3v) is 4.59. The van der Waals surface area contributed by atoms with Crippen LogP contribution in [0.15, 0.2) is 114 Å². The smallest absolute Gasteiger partial charge is 0.657 e. The van der Waals surface area contributed by atoms with Gasteiger partial charge in [0.05, 0.1) is 4.92 Å². The minimum atomic E-state index is -0.377. The van der Waals surface area contributed by atoms with Gasteiger partial charge in [0.15, 0.2) is 0 Å². The predicted molar refractivity (Wildman–Crippen MR) is 118 cm³/mol. The molecule has 0 unspecified atom stereocenters. The number of rotatable bonds is 2. The van der Waals surface area contributed by atoms with Gasteiger partial charge < -0.3 is 5.32 Å². The van der Waals surface area contributed by atoms with E-state index in [9.17, 15) is 10.1 Å². The summed E-state index contributed by atoms with van der Waals surface area (Å²) in [5, 5.41) is 15.6. The van der Waals surface area contributed by atoms with E-state index in [-0.39, 0.29) is 27.7 Å². The zero-order valence-electron chi connectivity index (χ0n) is 16.0. The van der Waals surface area contributed by atoms with Crippen molar-refractivity contribution in [3.8, 4) is 11.1 Å². The first-order chi connectivity index (χ1) is 14.2. The van der Waals surface area contributed by atoms with E-state index in [0.717, 1.165) is 33.6 Å². The average molecular weight is 434 g/mol. The monoisotopic (exact) mass is 434 g/mol. The van der Waals surface area contributed by atoms with Crippen molar-refractivity contribution in [3.05, 3.63) is 135 Å². The maximum atomic E-state index is 10.9. The van der Waals surface area contributed by atoms with Gasteiger partial charge in [-0.3, -0.25) is 10.1 Å². The Hall–Kier alpha value is -3.53. The number of hydrogen-bond acceptors (Lipinski definition) is 2. The van der Waals surface area contributed by atoms with Gasteiger partial charge in [-0.15, -0.1) is 11.4 Å². The number of hydrogen-bond donors (Lipinski definition) is 0. The van der Waals surface area contributed by atoms with Crippen LogP contribution in [0.25, 0.3) is 22.5 Å². The second-order valence-corrected chi connectivity index (χ2v) is 6.55. The Labute approximate surface area is 185 Å². The van der Waals surface area contributed by atoms with Gasteiger partial charge in [-0.1, -0.05) is 60.7 Å². The summed E-state index contributed by atoms with van der Waals surface area (Å²) in [5.41, 5.74) is 5.81. The normalized spacial score (nSPS) is 13.1. The predicted octanol–water partition coefficient (Wildman–Crippen LogP) is 7.08. The van der Waals surface area contributed by atoms with Gasteiger partial charge in [0.2, 0.25) is 0 Å². The van der Waals surface area contributed by atoms with Gasteiger partial charge in [0.1, 0.15) is 0 Å². The number of nitro benzene ring substituents is 1. The van der Waals surface area contributed by atoms with Gasteiger partial charge in [-0.25, -0.2) is 12.1 Å². The summed E-state index contributed by atoms with van der Waals surface area (Å²) in [5.74, 6) is 0. The van der Waals surface area contributed by atoms with Gasteiger partial charge in [0, 0.05) is 12.1 Å². The maximum Gasteiger partial charge on any atom is 2.00 e. The van der Waals surface area contributed by atoms with Crippen molar-refractivity contribution in [1.29, 1.82) is 0 Å². The third-order valence-electron chi connectivity index (χ3n) is 4.59.